The Balaban J connectivity index is 1.44. The van der Waals surface area contributed by atoms with Crippen molar-refractivity contribution in [2.75, 3.05) is 13.2 Å². The number of pyridine rings is 1. The first kappa shape index (κ1) is 18.9. The number of nitrogens with zero attached hydrogens (tertiary/aromatic N) is 3. The van der Waals surface area contributed by atoms with Crippen LogP contribution in [0.4, 0.5) is 0 Å². The van der Waals surface area contributed by atoms with Crippen LogP contribution < -0.4 is 10.1 Å². The Kier molecular flexibility index (Phi) is 5.57. The lowest BCUT2D eigenvalue weighted by Crippen LogP contribution is -2.35. The normalized spacial score (nSPS) is 20.1. The van der Waals surface area contributed by atoms with E-state index in [9.17, 15) is 4.79 Å². The third kappa shape index (κ3) is 4.67. The van der Waals surface area contributed by atoms with Crippen molar-refractivity contribution in [1.29, 1.82) is 0 Å². The zero-order chi connectivity index (χ0) is 19.5. The molecule has 28 heavy (non-hydrogen) atoms. The van der Waals surface area contributed by atoms with Gasteiger partial charge in [0.1, 0.15) is 6.61 Å². The molecule has 1 aliphatic heterocycles. The highest BCUT2D eigenvalue weighted by Gasteiger charge is 2.27. The average molecular weight is 386 g/mol. The Bertz CT molecular complexity index is 827. The van der Waals surface area contributed by atoms with Crippen LogP contribution in [-0.4, -0.2) is 46.4 Å². The maximum absolute atomic E-state index is 12.8. The zero-order valence-corrected chi connectivity index (χ0v) is 16.3. The number of carbonyl (C=O) groups is 1. The van der Waals surface area contributed by atoms with Gasteiger partial charge in [-0.05, 0) is 50.2 Å². The Morgan fingerprint density at radius 3 is 2.93 bits per heavy atom. The molecule has 2 aromatic heterocycles. The van der Waals surface area contributed by atoms with Gasteiger partial charge >= 0.3 is 0 Å². The average Bonchev–Trinajstić information content (AvgIpc) is 3.24. The van der Waals surface area contributed by atoms with Crippen LogP contribution in [0.1, 0.15) is 66.3 Å². The molecular weight excluding hydrogens is 360 g/mol. The van der Waals surface area contributed by atoms with Crippen LogP contribution >= 0.6 is 0 Å². The van der Waals surface area contributed by atoms with Crippen LogP contribution in [0, 0.1) is 6.92 Å². The van der Waals surface area contributed by atoms with Crippen molar-refractivity contribution < 1.29 is 18.8 Å². The first-order valence-electron chi connectivity index (χ1n) is 9.93. The topological polar surface area (TPSA) is 99.4 Å². The zero-order valence-electron chi connectivity index (χ0n) is 16.3. The number of nitrogens with one attached hydrogen (secondary N) is 1. The second-order valence-electron chi connectivity index (χ2n) is 7.64. The fourth-order valence-electron chi connectivity index (χ4n) is 3.38. The summed E-state index contributed by atoms with van der Waals surface area (Å²) in [7, 11) is 0. The molecule has 8 heteroatoms. The second kappa shape index (κ2) is 8.26. The van der Waals surface area contributed by atoms with Crippen molar-refractivity contribution in [3.63, 3.8) is 0 Å². The highest BCUT2D eigenvalue weighted by molar-refractivity contribution is 5.95. The molecule has 2 unspecified atom stereocenters. The summed E-state index contributed by atoms with van der Waals surface area (Å²) in [5, 5.41) is 6.83. The molecule has 0 radical (unpaired) electrons. The maximum Gasteiger partial charge on any atom is 0.273 e. The van der Waals surface area contributed by atoms with Gasteiger partial charge in [-0.2, -0.15) is 4.98 Å². The van der Waals surface area contributed by atoms with Gasteiger partial charge in [0.2, 0.25) is 5.89 Å². The minimum atomic E-state index is -0.266. The van der Waals surface area contributed by atoms with Gasteiger partial charge in [-0.15, -0.1) is 0 Å². The molecule has 2 atom stereocenters. The first-order valence-corrected chi connectivity index (χ1v) is 9.93. The number of hydrogen-bond donors (Lipinski definition) is 1. The van der Waals surface area contributed by atoms with Crippen LogP contribution in [-0.2, 0) is 11.2 Å². The molecule has 0 bridgehead atoms. The SMILES string of the molecule is Cc1nc(CC(C)NC(=O)c2ncc(C3CC3)cc2OCC2CCCO2)no1. The molecule has 1 saturated heterocycles. The number of aromatic nitrogens is 3. The Morgan fingerprint density at radius 2 is 2.25 bits per heavy atom. The molecule has 0 spiro atoms. The predicted molar refractivity (Wildman–Crippen MR) is 100 cm³/mol. The summed E-state index contributed by atoms with van der Waals surface area (Å²) >= 11 is 0. The summed E-state index contributed by atoms with van der Waals surface area (Å²) < 4.78 is 16.6. The lowest BCUT2D eigenvalue weighted by molar-refractivity contribution is 0.0667. The van der Waals surface area contributed by atoms with E-state index >= 15 is 0 Å². The summed E-state index contributed by atoms with van der Waals surface area (Å²) in [5.41, 5.74) is 1.44. The quantitative estimate of drug-likeness (QED) is 0.744. The van der Waals surface area contributed by atoms with Crippen LogP contribution in [0.5, 0.6) is 5.75 Å². The lowest BCUT2D eigenvalue weighted by atomic mass is 10.1. The molecule has 8 nitrogen and oxygen atoms in total. The number of ether oxygens (including phenoxy) is 2. The van der Waals surface area contributed by atoms with Gasteiger partial charge in [0.05, 0.1) is 6.10 Å². The van der Waals surface area contributed by atoms with Gasteiger partial charge in [-0.1, -0.05) is 5.16 Å². The van der Waals surface area contributed by atoms with Gasteiger partial charge in [0, 0.05) is 32.2 Å². The molecule has 150 valence electrons. The van der Waals surface area contributed by atoms with E-state index in [1.807, 2.05) is 13.0 Å². The van der Waals surface area contributed by atoms with Gasteiger partial charge in [-0.25, -0.2) is 4.98 Å². The first-order chi connectivity index (χ1) is 13.6. The van der Waals surface area contributed by atoms with Gasteiger partial charge in [0.25, 0.3) is 5.91 Å². The second-order valence-corrected chi connectivity index (χ2v) is 7.64. The molecule has 2 aromatic rings. The molecule has 2 aliphatic rings. The minimum Gasteiger partial charge on any atom is -0.488 e. The molecule has 1 amide bonds. The Morgan fingerprint density at radius 1 is 1.39 bits per heavy atom. The van der Waals surface area contributed by atoms with Gasteiger partial charge < -0.3 is 19.3 Å². The third-order valence-corrected chi connectivity index (χ3v) is 5.02. The molecule has 0 aromatic carbocycles. The number of carbonyl (C=O) groups excluding carboxylic acids is 1. The Labute approximate surface area is 164 Å². The van der Waals surface area contributed by atoms with Crippen molar-refractivity contribution in [3.05, 3.63) is 35.2 Å². The van der Waals surface area contributed by atoms with Crippen LogP contribution in [0.3, 0.4) is 0 Å². The van der Waals surface area contributed by atoms with Crippen molar-refractivity contribution in [2.45, 2.75) is 64.0 Å². The van der Waals surface area contributed by atoms with Gasteiger partial charge in [0.15, 0.2) is 17.3 Å². The molecule has 1 saturated carbocycles. The minimum absolute atomic E-state index is 0.0842. The van der Waals surface area contributed by atoms with E-state index in [4.69, 9.17) is 14.0 Å². The number of hydrogen-bond acceptors (Lipinski definition) is 7. The van der Waals surface area contributed by atoms with E-state index in [0.29, 0.717) is 42.1 Å². The standard InChI is InChI=1S/C20H26N4O4/c1-12(8-18-23-13(2)28-24-18)22-20(25)19-17(27-11-16-4-3-7-26-16)9-15(10-21-19)14-5-6-14/h9-10,12,14,16H,3-8,11H2,1-2H3,(H,22,25). The van der Waals surface area contributed by atoms with E-state index in [-0.39, 0.29) is 18.1 Å². The fraction of sp³-hybridized carbons (Fsp3) is 0.600. The van der Waals surface area contributed by atoms with E-state index in [0.717, 1.165) is 25.0 Å². The summed E-state index contributed by atoms with van der Waals surface area (Å²) in [6.07, 6.45) is 6.72. The monoisotopic (exact) mass is 386 g/mol. The van der Waals surface area contributed by atoms with Crippen LogP contribution in [0.25, 0.3) is 0 Å². The highest BCUT2D eigenvalue weighted by atomic mass is 16.5. The molecule has 2 fully saturated rings. The van der Waals surface area contributed by atoms with E-state index in [2.05, 4.69) is 20.4 Å². The van der Waals surface area contributed by atoms with Gasteiger partial charge in [-0.3, -0.25) is 4.79 Å². The number of amides is 1. The molecular formula is C20H26N4O4. The van der Waals surface area contributed by atoms with Crippen LogP contribution in [0.2, 0.25) is 0 Å². The van der Waals surface area contributed by atoms with E-state index < -0.39 is 0 Å². The Hall–Kier alpha value is -2.48. The largest absolute Gasteiger partial charge is 0.488 e. The summed E-state index contributed by atoms with van der Waals surface area (Å²) in [4.78, 5) is 21.4. The number of aryl methyl sites for hydroxylation is 1. The van der Waals surface area contributed by atoms with E-state index in [1.165, 1.54) is 12.8 Å². The lowest BCUT2D eigenvalue weighted by Gasteiger charge is -2.17. The van der Waals surface area contributed by atoms with Crippen molar-refractivity contribution in [3.8, 4) is 5.75 Å². The predicted octanol–water partition coefficient (Wildman–Crippen LogP) is 2.57. The highest BCUT2D eigenvalue weighted by Crippen LogP contribution is 2.41. The molecule has 3 heterocycles. The summed E-state index contributed by atoms with van der Waals surface area (Å²) in [5.74, 6) is 1.88. The van der Waals surface area contributed by atoms with E-state index in [1.54, 1.807) is 13.1 Å². The summed E-state index contributed by atoms with van der Waals surface area (Å²) in [6, 6.07) is 1.79. The van der Waals surface area contributed by atoms with Crippen molar-refractivity contribution in [2.24, 2.45) is 0 Å². The van der Waals surface area contributed by atoms with Crippen LogP contribution in [0.15, 0.2) is 16.8 Å². The molecule has 1 aliphatic carbocycles. The number of rotatable bonds is 8. The third-order valence-electron chi connectivity index (χ3n) is 5.02. The molecule has 4 rings (SSSR count). The summed E-state index contributed by atoms with van der Waals surface area (Å²) in [6.45, 7) is 4.85. The molecule has 1 N–H and O–H groups in total. The fourth-order valence-corrected chi connectivity index (χ4v) is 3.38. The smallest absolute Gasteiger partial charge is 0.273 e. The van der Waals surface area contributed by atoms with Crippen molar-refractivity contribution >= 4 is 5.91 Å². The maximum atomic E-state index is 12.8. The van der Waals surface area contributed by atoms with Crippen molar-refractivity contribution in [1.82, 2.24) is 20.4 Å².